The van der Waals surface area contributed by atoms with Crippen molar-refractivity contribution in [2.75, 3.05) is 105 Å². The van der Waals surface area contributed by atoms with E-state index in [1.807, 2.05) is 54.9 Å². The monoisotopic (exact) mass is 1850 g/mol. The second-order valence-electron chi connectivity index (χ2n) is 38.6. The molecule has 135 heavy (non-hydrogen) atoms. The van der Waals surface area contributed by atoms with Crippen molar-refractivity contribution in [3.8, 4) is 63.2 Å². The molecule has 10 fully saturated rings. The third kappa shape index (κ3) is 24.7. The molecular formula is C108H123F4N7O16. The third-order valence-corrected chi connectivity index (χ3v) is 29.1. The molecule has 0 bridgehead atoms. The van der Waals surface area contributed by atoms with Crippen LogP contribution in [-0.2, 0) is 0 Å². The maximum absolute atomic E-state index is 14.1. The molecule has 5 aliphatic carbocycles. The first kappa shape index (κ1) is 95.4. The van der Waals surface area contributed by atoms with Gasteiger partial charge >= 0.3 is 0 Å². The van der Waals surface area contributed by atoms with Gasteiger partial charge in [-0.15, -0.1) is 0 Å². The number of pyridine rings is 2. The minimum atomic E-state index is -0.801. The van der Waals surface area contributed by atoms with E-state index in [4.69, 9.17) is 28.4 Å². The summed E-state index contributed by atoms with van der Waals surface area (Å²) in [5.41, 5.74) is 3.55. The summed E-state index contributed by atoms with van der Waals surface area (Å²) in [5, 5.41) is 101. The molecule has 27 heteroatoms. The number of β-amino-alcohol motifs (C(OH)–C–C–N with tert-alkyl or cyclic N) is 5. The van der Waals surface area contributed by atoms with Crippen molar-refractivity contribution in [1.82, 2.24) is 34.5 Å². The lowest BCUT2D eigenvalue weighted by molar-refractivity contribution is 0.112. The maximum atomic E-state index is 14.1. The summed E-state index contributed by atoms with van der Waals surface area (Å²) in [6.45, 7) is 12.3. The molecule has 5 saturated heterocycles. The van der Waals surface area contributed by atoms with Crippen LogP contribution in [0.25, 0.3) is 10.8 Å². The van der Waals surface area contributed by atoms with Gasteiger partial charge in [-0.3, -0.25) is 34.5 Å². The van der Waals surface area contributed by atoms with Gasteiger partial charge in [-0.2, -0.15) is 0 Å². The van der Waals surface area contributed by atoms with E-state index >= 15 is 0 Å². The number of halogens is 4. The zero-order valence-electron chi connectivity index (χ0n) is 75.9. The number of likely N-dealkylation sites (tertiary alicyclic amines) is 5. The minimum Gasteiger partial charge on any atom is -0.508 e. The maximum Gasteiger partial charge on any atom is 0.197 e. The lowest BCUT2D eigenvalue weighted by Crippen LogP contribution is -2.29. The van der Waals surface area contributed by atoms with Gasteiger partial charge in [0.2, 0.25) is 0 Å². The van der Waals surface area contributed by atoms with Gasteiger partial charge in [-0.1, -0.05) is 103 Å². The lowest BCUT2D eigenvalue weighted by atomic mass is 10.0. The van der Waals surface area contributed by atoms with Gasteiger partial charge < -0.3 is 79.5 Å². The largest absolute Gasteiger partial charge is 0.508 e. The number of benzene rings is 9. The van der Waals surface area contributed by atoms with Crippen molar-refractivity contribution in [2.24, 2.45) is 59.2 Å². The van der Waals surface area contributed by atoms with Crippen LogP contribution in [0.1, 0.15) is 123 Å². The van der Waals surface area contributed by atoms with Crippen LogP contribution in [0.4, 0.5) is 17.6 Å². The number of rotatable bonds is 26. The molecule has 0 amide bonds. The summed E-state index contributed by atoms with van der Waals surface area (Å²) in [6.07, 6.45) is 12.3. The number of aromatic nitrogens is 2. The van der Waals surface area contributed by atoms with Crippen LogP contribution in [-0.4, -0.2) is 221 Å². The molecule has 0 radical (unpaired) electrons. The fraction of sp³-hybridized carbons (Fsp3) is 0.426. The number of nitrogens with zero attached hydrogens (tertiary/aromatic N) is 7. The number of fused-ring (bicyclic) bond motifs is 6. The topological polar surface area (TPSA) is 300 Å². The first-order valence-corrected chi connectivity index (χ1v) is 47.5. The quantitative estimate of drug-likeness (QED) is 0.0225. The molecule has 10 aliphatic rings. The number of hydrogen-bond donors (Lipinski definition) is 10. The smallest absolute Gasteiger partial charge is 0.197 e. The van der Waals surface area contributed by atoms with Gasteiger partial charge in [0.1, 0.15) is 40.6 Å². The number of ether oxygens (including phenoxy) is 6. The number of phenols is 4. The Morgan fingerprint density at radius 2 is 0.652 bits per heavy atom. The van der Waals surface area contributed by atoms with Gasteiger partial charge in [-0.05, 0) is 267 Å². The Hall–Kier alpha value is -11.3. The van der Waals surface area contributed by atoms with Crippen LogP contribution in [0, 0.1) is 82.4 Å². The molecule has 20 atom stereocenters. The van der Waals surface area contributed by atoms with E-state index in [1.165, 1.54) is 55.8 Å². The molecule has 10 unspecified atom stereocenters. The van der Waals surface area contributed by atoms with Crippen LogP contribution < -0.4 is 28.4 Å². The molecule has 0 spiro atoms. The average Bonchev–Trinajstić information content (AvgIpc) is 1.68. The van der Waals surface area contributed by atoms with E-state index in [9.17, 15) is 68.6 Å². The van der Waals surface area contributed by atoms with Crippen molar-refractivity contribution >= 4 is 10.8 Å². The zero-order valence-corrected chi connectivity index (χ0v) is 75.9. The number of aliphatic hydroxyl groups excluding tert-OH is 5. The second-order valence-corrected chi connectivity index (χ2v) is 38.6. The van der Waals surface area contributed by atoms with Gasteiger partial charge in [0.15, 0.2) is 52.0 Å². The standard InChI is InChI=1S/C24H26N2O3.C21H23F2NO3.C21H25FN2O4.C21H24FNO3.C21H25NO3/c27-20-6-4-16(5-7-20)23(28)15-26-13-18-10-21(11-19(18)14-26)29-24-3-1-2-17-12-25-9-8-22(17)24;22-17-3-1-2-4-21(17)27-16-7-14-10-24(11-15(14)8-16)12-20(26)13-5-6-19(25)18(23)9-13;1-27-20-4-2-3-17(22)21(20)28-16-7-13-10-24(11-14(13)8-16)12-19(26)18-6-5-15(25)9-23-18;22-19-3-1-2-4-21(19)26-18-9-15-11-23(12-16(15)10-18)13-20(25)14-5-7-17(24)8-6-14;23-18-8-6-15(7-9-18)21(24)14-22-12-16-10-20(11-17(16)13-22)25-19-4-2-1-3-5-19/h1-9,12,18-19,21,23,27-28H,10-11,13-15H2;1-6,9,14-16,20,25-26H,7-8,10-12H2;2-6,9,13-14,16,19,25-26H,7-8,10-12H2,1H3;1-8,15-16,18,20,24-25H,9-13H2;1-9,16-17,20-21,23-24H,10-14H2/t18-,19+,21?,23?;14-,15+,16?,20?;13-,14+,16?,19?;15-,16+,18?,20?;16-,17+,20?,21?. The van der Waals surface area contributed by atoms with Gasteiger partial charge in [0.05, 0.1) is 73.9 Å². The highest BCUT2D eigenvalue weighted by Crippen LogP contribution is 2.48. The number of para-hydroxylation sites is 4. The van der Waals surface area contributed by atoms with E-state index in [0.717, 1.165) is 169 Å². The van der Waals surface area contributed by atoms with Crippen LogP contribution in [0.15, 0.2) is 243 Å². The summed E-state index contributed by atoms with van der Waals surface area (Å²) in [4.78, 5) is 19.7. The van der Waals surface area contributed by atoms with Crippen molar-refractivity contribution < 1.29 is 97.0 Å². The first-order valence-electron chi connectivity index (χ1n) is 47.5. The molecule has 11 aromatic rings. The summed E-state index contributed by atoms with van der Waals surface area (Å²) in [6, 6.07) is 63.5. The molecule has 2 aromatic heterocycles. The fourth-order valence-electron chi connectivity index (χ4n) is 22.5. The van der Waals surface area contributed by atoms with Crippen LogP contribution in [0.5, 0.6) is 63.2 Å². The van der Waals surface area contributed by atoms with Gasteiger partial charge in [-0.25, -0.2) is 17.6 Å². The SMILES string of the molecule is COc1cccc(F)c1OC1C[C@@H]2CN(CC(O)c3ccc(O)cn3)C[C@@H]2C1.Oc1ccc(C(O)CN2C[C@H]3CC(Oc4cccc5cnccc45)C[C@H]3C2)cc1.Oc1ccc(C(O)CN2C[C@H]3CC(Oc4ccccc4)C[C@H]3C2)cc1.Oc1ccc(C(O)CN2C[C@H]3CC(Oc4ccccc4F)C[C@H]3C2)cc1.Oc1ccc(C(O)CN2C[C@H]3CC(Oc4ccccc4F)C[C@H]3C2)cc1F. The normalized spacial score (nSPS) is 26.1. The second kappa shape index (κ2) is 44.2. The van der Waals surface area contributed by atoms with E-state index in [0.29, 0.717) is 127 Å². The fourth-order valence-corrected chi connectivity index (χ4v) is 22.5. The van der Waals surface area contributed by atoms with Gasteiger partial charge in [0.25, 0.3) is 0 Å². The van der Waals surface area contributed by atoms with Crippen LogP contribution in [0.3, 0.4) is 0 Å². The van der Waals surface area contributed by atoms with E-state index in [2.05, 4.69) is 46.6 Å². The summed E-state index contributed by atoms with van der Waals surface area (Å²) in [7, 11) is 1.51. The number of aromatic hydroxyl groups is 5. The predicted octanol–water partition coefficient (Wildman–Crippen LogP) is 16.6. The van der Waals surface area contributed by atoms with E-state index in [1.54, 1.807) is 127 Å². The highest BCUT2D eigenvalue weighted by molar-refractivity contribution is 5.87. The van der Waals surface area contributed by atoms with Crippen molar-refractivity contribution in [3.63, 3.8) is 0 Å². The molecule has 714 valence electrons. The molecule has 23 nitrogen and oxygen atoms in total. The zero-order chi connectivity index (χ0) is 93.8. The van der Waals surface area contributed by atoms with Crippen molar-refractivity contribution in [2.45, 2.75) is 125 Å². The summed E-state index contributed by atoms with van der Waals surface area (Å²) < 4.78 is 90.5. The molecule has 9 aromatic carbocycles. The Morgan fingerprint density at radius 1 is 0.311 bits per heavy atom. The van der Waals surface area contributed by atoms with Gasteiger partial charge in [0, 0.05) is 121 Å². The molecule has 5 saturated carbocycles. The van der Waals surface area contributed by atoms with Crippen molar-refractivity contribution in [1.29, 1.82) is 0 Å². The highest BCUT2D eigenvalue weighted by Gasteiger charge is 2.48. The number of methoxy groups -OCH3 is 1. The first-order chi connectivity index (χ1) is 65.4. The van der Waals surface area contributed by atoms with Crippen molar-refractivity contribution in [3.05, 3.63) is 294 Å². The highest BCUT2D eigenvalue weighted by atomic mass is 19.1. The number of phenolic OH excluding ortho intramolecular Hbond substituents is 4. The Kier molecular flexibility index (Phi) is 31.2. The third-order valence-electron chi connectivity index (χ3n) is 29.1. The minimum absolute atomic E-state index is 0.0216. The molecular weight excluding hydrogens is 1730 g/mol. The van der Waals surface area contributed by atoms with E-state index in [-0.39, 0.29) is 64.8 Å². The summed E-state index contributed by atoms with van der Waals surface area (Å²) >= 11 is 0. The van der Waals surface area contributed by atoms with E-state index < -0.39 is 47.9 Å². The number of hydrogen-bond acceptors (Lipinski definition) is 23. The molecule has 21 rings (SSSR count). The van der Waals surface area contributed by atoms with Crippen LogP contribution in [0.2, 0.25) is 0 Å². The average molecular weight is 1850 g/mol. The Bertz CT molecular complexity index is 5580. The Balaban J connectivity index is 0.000000117. The Morgan fingerprint density at radius 3 is 1.05 bits per heavy atom. The Labute approximate surface area is 785 Å². The molecule has 7 heterocycles. The summed E-state index contributed by atoms with van der Waals surface area (Å²) in [5.74, 6) is 7.31. The molecule has 5 aliphatic heterocycles. The lowest BCUT2D eigenvalue weighted by Gasteiger charge is -2.23. The molecule has 10 N–H and O–H groups in total. The predicted molar refractivity (Wildman–Crippen MR) is 502 cm³/mol. The number of aliphatic hydroxyl groups is 5. The van der Waals surface area contributed by atoms with Crippen LogP contribution >= 0.6 is 0 Å².